The molecule has 34 heavy (non-hydrogen) atoms. The molecule has 0 amide bonds. The molecule has 5 rings (SSSR count). The first-order chi connectivity index (χ1) is 16.0. The predicted octanol–water partition coefficient (Wildman–Crippen LogP) is 4.89. The molecule has 0 bridgehead atoms. The summed E-state index contributed by atoms with van der Waals surface area (Å²) in [6.45, 7) is 1.79. The minimum absolute atomic E-state index is 0.113. The van der Waals surface area contributed by atoms with E-state index in [2.05, 4.69) is 20.3 Å². The number of aryl methyl sites for hydroxylation is 1. The van der Waals surface area contributed by atoms with E-state index < -0.39 is 23.5 Å². The van der Waals surface area contributed by atoms with E-state index in [0.717, 1.165) is 6.07 Å². The maximum Gasteiger partial charge on any atom is 0.418 e. The van der Waals surface area contributed by atoms with Crippen LogP contribution in [0.5, 0.6) is 0 Å². The second kappa shape index (κ2) is 7.57. The number of pyridine rings is 1. The normalized spacial score (nSPS) is 14.0. The first kappa shape index (κ1) is 21.9. The summed E-state index contributed by atoms with van der Waals surface area (Å²) in [5, 5.41) is 12.5. The Morgan fingerprint density at radius 2 is 1.62 bits per heavy atom. The number of aromatic nitrogens is 6. The fraction of sp³-hybridized carbons (Fsp3) is 0.238. The van der Waals surface area contributed by atoms with E-state index >= 15 is 0 Å². The Labute approximate surface area is 188 Å². The molecule has 1 aliphatic rings. The Bertz CT molecular complexity index is 1360. The lowest BCUT2D eigenvalue weighted by molar-refractivity contribution is -0.142. The molecule has 0 N–H and O–H groups in total. The van der Waals surface area contributed by atoms with Gasteiger partial charge in [-0.2, -0.15) is 36.5 Å². The van der Waals surface area contributed by atoms with Crippen molar-refractivity contribution in [1.82, 2.24) is 29.8 Å². The average molecular weight is 479 g/mol. The van der Waals surface area contributed by atoms with Gasteiger partial charge in [0.05, 0.1) is 34.9 Å². The van der Waals surface area contributed by atoms with Gasteiger partial charge < -0.3 is 4.90 Å². The van der Waals surface area contributed by atoms with Gasteiger partial charge in [0.15, 0.2) is 5.82 Å². The zero-order valence-corrected chi connectivity index (χ0v) is 17.4. The number of benzene rings is 1. The Morgan fingerprint density at radius 1 is 0.882 bits per heavy atom. The lowest BCUT2D eigenvalue weighted by Crippen LogP contribution is -2.21. The number of hydrogen-bond donors (Lipinski definition) is 0. The van der Waals surface area contributed by atoms with E-state index in [-0.39, 0.29) is 24.1 Å². The molecular formula is C21H15F6N7. The Kier molecular flexibility index (Phi) is 4.88. The number of rotatable bonds is 3. The third-order valence-corrected chi connectivity index (χ3v) is 5.41. The molecule has 7 nitrogen and oxygen atoms in total. The highest BCUT2D eigenvalue weighted by molar-refractivity contribution is 5.73. The second-order valence-electron chi connectivity index (χ2n) is 7.65. The summed E-state index contributed by atoms with van der Waals surface area (Å²) in [6.07, 6.45) is -4.91. The third kappa shape index (κ3) is 3.76. The van der Waals surface area contributed by atoms with Crippen LogP contribution in [0.2, 0.25) is 0 Å². The van der Waals surface area contributed by atoms with Crippen molar-refractivity contribution < 1.29 is 26.3 Å². The lowest BCUT2D eigenvalue weighted by Gasteiger charge is -2.24. The van der Waals surface area contributed by atoms with E-state index in [1.165, 1.54) is 22.1 Å². The fourth-order valence-electron chi connectivity index (χ4n) is 3.96. The molecule has 0 aliphatic carbocycles. The molecule has 0 saturated heterocycles. The van der Waals surface area contributed by atoms with E-state index in [0.29, 0.717) is 35.2 Å². The van der Waals surface area contributed by atoms with Crippen molar-refractivity contribution in [3.63, 3.8) is 0 Å². The first-order valence-electron chi connectivity index (χ1n) is 10.0. The highest BCUT2D eigenvalue weighted by Crippen LogP contribution is 2.45. The van der Waals surface area contributed by atoms with Gasteiger partial charge in [-0.1, -0.05) is 0 Å². The third-order valence-electron chi connectivity index (χ3n) is 5.41. The van der Waals surface area contributed by atoms with Crippen molar-refractivity contribution in [2.75, 3.05) is 11.4 Å². The summed E-state index contributed by atoms with van der Waals surface area (Å²) in [5.41, 5.74) is -1.38. The van der Waals surface area contributed by atoms with Crippen LogP contribution in [0.1, 0.15) is 22.4 Å². The van der Waals surface area contributed by atoms with Gasteiger partial charge in [-0.15, -0.1) is 9.90 Å². The average Bonchev–Trinajstić information content (AvgIpc) is 3.51. The Morgan fingerprint density at radius 3 is 2.29 bits per heavy atom. The van der Waals surface area contributed by atoms with E-state index in [1.807, 2.05) is 0 Å². The molecular weight excluding hydrogens is 464 g/mol. The molecule has 1 aromatic carbocycles. The molecule has 0 fully saturated rings. The van der Waals surface area contributed by atoms with Crippen molar-refractivity contribution in [1.29, 1.82) is 0 Å². The van der Waals surface area contributed by atoms with E-state index in [1.54, 1.807) is 29.9 Å². The van der Waals surface area contributed by atoms with Crippen molar-refractivity contribution in [2.45, 2.75) is 25.7 Å². The number of halogens is 6. The van der Waals surface area contributed by atoms with Crippen molar-refractivity contribution >= 4 is 11.5 Å². The van der Waals surface area contributed by atoms with Gasteiger partial charge >= 0.3 is 12.4 Å². The molecule has 0 atom stereocenters. The van der Waals surface area contributed by atoms with Crippen molar-refractivity contribution in [2.24, 2.45) is 0 Å². The number of hydrogen-bond acceptors (Lipinski definition) is 5. The minimum atomic E-state index is -4.99. The Balaban J connectivity index is 1.61. The number of fused-ring (bicyclic) bond motifs is 1. The van der Waals surface area contributed by atoms with Crippen LogP contribution < -0.4 is 4.90 Å². The molecule has 1 aliphatic heterocycles. The molecule has 13 heteroatoms. The zero-order valence-electron chi connectivity index (χ0n) is 17.4. The maximum absolute atomic E-state index is 13.8. The number of alkyl halides is 6. The van der Waals surface area contributed by atoms with Crippen LogP contribution in [0.15, 0.2) is 48.9 Å². The van der Waals surface area contributed by atoms with Gasteiger partial charge in [0.2, 0.25) is 0 Å². The summed E-state index contributed by atoms with van der Waals surface area (Å²) in [5.74, 6) is 0.680. The largest absolute Gasteiger partial charge is 0.418 e. The summed E-state index contributed by atoms with van der Waals surface area (Å²) in [4.78, 5) is 7.03. The van der Waals surface area contributed by atoms with Gasteiger partial charge in [0.25, 0.3) is 0 Å². The molecule has 0 radical (unpaired) electrons. The molecule has 4 aromatic rings. The Hall–Kier alpha value is -3.90. The summed E-state index contributed by atoms with van der Waals surface area (Å²) >= 11 is 0. The monoisotopic (exact) mass is 479 g/mol. The van der Waals surface area contributed by atoms with Crippen LogP contribution in [0.3, 0.4) is 0 Å². The van der Waals surface area contributed by atoms with Crippen LogP contribution in [0.25, 0.3) is 11.5 Å². The molecule has 0 unspecified atom stereocenters. The van der Waals surface area contributed by atoms with Crippen molar-refractivity contribution in [3.8, 4) is 11.5 Å². The van der Waals surface area contributed by atoms with E-state index in [4.69, 9.17) is 0 Å². The smallest absolute Gasteiger partial charge is 0.325 e. The maximum atomic E-state index is 13.8. The molecule has 4 heterocycles. The van der Waals surface area contributed by atoms with Gasteiger partial charge in [0.1, 0.15) is 5.82 Å². The van der Waals surface area contributed by atoms with Crippen LogP contribution in [-0.4, -0.2) is 36.3 Å². The van der Waals surface area contributed by atoms with Crippen LogP contribution >= 0.6 is 0 Å². The van der Waals surface area contributed by atoms with Gasteiger partial charge in [0, 0.05) is 30.1 Å². The molecule has 176 valence electrons. The highest BCUT2D eigenvalue weighted by Gasteiger charge is 2.40. The summed E-state index contributed by atoms with van der Waals surface area (Å²) in [6, 6.07) is 5.05. The molecule has 0 spiro atoms. The lowest BCUT2D eigenvalue weighted by atomic mass is 10.1. The molecule has 3 aromatic heterocycles. The van der Waals surface area contributed by atoms with Gasteiger partial charge in [-0.25, -0.2) is 9.67 Å². The summed E-state index contributed by atoms with van der Waals surface area (Å²) < 4.78 is 82.1. The van der Waals surface area contributed by atoms with Crippen LogP contribution in [0.4, 0.5) is 37.8 Å². The topological polar surface area (TPSA) is 64.7 Å². The highest BCUT2D eigenvalue weighted by atomic mass is 19.4. The SMILES string of the molecule is Cc1cc(-n2ccc(-n3nccn3)n2)c2c(n1)N(c1ccc(C(F)(F)F)cc1C(F)(F)F)CC2. The van der Waals surface area contributed by atoms with E-state index in [9.17, 15) is 26.3 Å². The van der Waals surface area contributed by atoms with Crippen molar-refractivity contribution in [3.05, 3.63) is 71.3 Å². The molecule has 0 saturated carbocycles. The first-order valence-corrected chi connectivity index (χ1v) is 10.0. The quantitative estimate of drug-likeness (QED) is 0.392. The van der Waals surface area contributed by atoms with Gasteiger partial charge in [-0.05, 0) is 37.6 Å². The second-order valence-corrected chi connectivity index (χ2v) is 7.65. The zero-order chi connectivity index (χ0) is 24.3. The van der Waals surface area contributed by atoms with Crippen LogP contribution in [0, 0.1) is 6.92 Å². The standard InChI is InChI=1S/C21H15F6N7/c1-12-10-17(33-9-5-18(31-33)34-28-6-7-29-34)14-4-8-32(19(14)30-12)16-3-2-13(20(22,23)24)11-15(16)21(25,26)27/h2-3,5-7,9-11H,4,8H2,1H3. The van der Waals surface area contributed by atoms with Crippen LogP contribution in [-0.2, 0) is 18.8 Å². The predicted molar refractivity (Wildman–Crippen MR) is 108 cm³/mol. The van der Waals surface area contributed by atoms with Gasteiger partial charge in [-0.3, -0.25) is 0 Å². The number of nitrogens with zero attached hydrogens (tertiary/aromatic N) is 7. The fourth-order valence-corrected chi connectivity index (χ4v) is 3.96. The summed E-state index contributed by atoms with van der Waals surface area (Å²) in [7, 11) is 0. The minimum Gasteiger partial charge on any atom is -0.325 e. The number of anilines is 2.